The fraction of sp³-hybridized carbons (Fsp3) is 0.500. The van der Waals surface area contributed by atoms with Gasteiger partial charge in [-0.05, 0) is 0 Å². The predicted octanol–water partition coefficient (Wildman–Crippen LogP) is -2.99. The van der Waals surface area contributed by atoms with E-state index < -0.39 is 0 Å². The quantitative estimate of drug-likeness (QED) is 0.467. The standard InChI is InChI=1S/C8H12IN2O2/c1-5(2)11-4-6(9-3)7(12)10-8(11)13/h4-5H,1-3H3,(H,10,12,13)/q-1. The molecule has 0 saturated heterocycles. The Labute approximate surface area is 86.2 Å². The van der Waals surface area contributed by atoms with E-state index in [2.05, 4.69) is 4.98 Å². The summed E-state index contributed by atoms with van der Waals surface area (Å²) < 4.78 is 2.31. The molecule has 0 aliphatic carbocycles. The molecule has 0 aliphatic heterocycles. The van der Waals surface area contributed by atoms with Crippen molar-refractivity contribution in [3.05, 3.63) is 30.6 Å². The van der Waals surface area contributed by atoms with Crippen LogP contribution in [0, 0.1) is 3.57 Å². The Morgan fingerprint density at radius 2 is 2.08 bits per heavy atom. The van der Waals surface area contributed by atoms with E-state index in [-0.39, 0.29) is 38.5 Å². The van der Waals surface area contributed by atoms with Crippen molar-refractivity contribution in [3.8, 4) is 0 Å². The second-order valence-corrected chi connectivity index (χ2v) is 5.17. The van der Waals surface area contributed by atoms with Crippen LogP contribution in [0.15, 0.2) is 15.8 Å². The molecular formula is C8H12IN2O2-. The molecule has 0 spiro atoms. The molecule has 74 valence electrons. The monoisotopic (exact) mass is 295 g/mol. The van der Waals surface area contributed by atoms with E-state index in [1.54, 1.807) is 10.8 Å². The van der Waals surface area contributed by atoms with Gasteiger partial charge >= 0.3 is 86.2 Å². The Morgan fingerprint density at radius 3 is 2.54 bits per heavy atom. The number of halogens is 1. The van der Waals surface area contributed by atoms with Crippen molar-refractivity contribution >= 4 is 0 Å². The van der Waals surface area contributed by atoms with Crippen molar-refractivity contribution in [2.75, 3.05) is 4.93 Å². The van der Waals surface area contributed by atoms with Crippen molar-refractivity contribution in [1.82, 2.24) is 9.55 Å². The number of nitrogens with zero attached hydrogens (tertiary/aromatic N) is 1. The van der Waals surface area contributed by atoms with E-state index in [0.29, 0.717) is 0 Å². The van der Waals surface area contributed by atoms with Gasteiger partial charge in [0.15, 0.2) is 0 Å². The topological polar surface area (TPSA) is 54.9 Å². The number of H-pyrrole nitrogens is 1. The molecule has 0 saturated carbocycles. The van der Waals surface area contributed by atoms with Crippen LogP contribution in [0.1, 0.15) is 19.9 Å². The molecule has 0 aromatic carbocycles. The van der Waals surface area contributed by atoms with Crippen LogP contribution in [0.25, 0.3) is 0 Å². The van der Waals surface area contributed by atoms with Gasteiger partial charge in [-0.2, -0.15) is 0 Å². The van der Waals surface area contributed by atoms with Crippen molar-refractivity contribution in [2.24, 2.45) is 0 Å². The Morgan fingerprint density at radius 1 is 1.46 bits per heavy atom. The molecule has 1 N–H and O–H groups in total. The predicted molar refractivity (Wildman–Crippen MR) is 46.3 cm³/mol. The van der Waals surface area contributed by atoms with Crippen LogP contribution in [-0.2, 0) is 0 Å². The normalized spacial score (nSPS) is 11.1. The average Bonchev–Trinajstić information content (AvgIpc) is 2.03. The molecule has 0 aliphatic rings. The van der Waals surface area contributed by atoms with Crippen molar-refractivity contribution in [2.45, 2.75) is 19.9 Å². The fourth-order valence-corrected chi connectivity index (χ4v) is 2.18. The minimum atomic E-state index is -0.318. The van der Waals surface area contributed by atoms with Gasteiger partial charge in [0.2, 0.25) is 0 Å². The van der Waals surface area contributed by atoms with Gasteiger partial charge in [0, 0.05) is 0 Å². The zero-order valence-corrected chi connectivity index (χ0v) is 9.95. The molecule has 0 unspecified atom stereocenters. The summed E-state index contributed by atoms with van der Waals surface area (Å²) >= 11 is -0.271. The molecule has 1 rings (SSSR count). The molecule has 4 nitrogen and oxygen atoms in total. The van der Waals surface area contributed by atoms with Crippen molar-refractivity contribution in [3.63, 3.8) is 0 Å². The van der Waals surface area contributed by atoms with E-state index in [1.165, 1.54) is 0 Å². The number of alkyl halides is 1. The van der Waals surface area contributed by atoms with Gasteiger partial charge in [0.05, 0.1) is 0 Å². The first-order valence-electron chi connectivity index (χ1n) is 3.91. The third-order valence-electron chi connectivity index (χ3n) is 1.68. The Hall–Kier alpha value is -0.590. The molecule has 0 bridgehead atoms. The molecule has 0 atom stereocenters. The summed E-state index contributed by atoms with van der Waals surface area (Å²) in [4.78, 5) is 26.8. The summed E-state index contributed by atoms with van der Waals surface area (Å²) in [5.74, 6) is 0. The second kappa shape index (κ2) is 4.08. The van der Waals surface area contributed by atoms with Crippen LogP contribution in [-0.4, -0.2) is 14.5 Å². The average molecular weight is 295 g/mol. The summed E-state index contributed by atoms with van der Waals surface area (Å²) in [6, 6.07) is 0.0960. The molecule has 5 heteroatoms. The zero-order valence-electron chi connectivity index (χ0n) is 7.80. The van der Waals surface area contributed by atoms with Gasteiger partial charge in [0.25, 0.3) is 0 Å². The first-order chi connectivity index (χ1) is 6.06. The third-order valence-corrected chi connectivity index (χ3v) is 3.61. The first kappa shape index (κ1) is 10.5. The third kappa shape index (κ3) is 2.20. The van der Waals surface area contributed by atoms with Gasteiger partial charge in [0.1, 0.15) is 0 Å². The number of hydrogen-bond acceptors (Lipinski definition) is 2. The van der Waals surface area contributed by atoms with Crippen LogP contribution in [0.4, 0.5) is 0 Å². The summed E-state index contributed by atoms with van der Waals surface area (Å²) in [6.07, 6.45) is 1.68. The van der Waals surface area contributed by atoms with E-state index in [1.807, 2.05) is 18.8 Å². The van der Waals surface area contributed by atoms with E-state index in [0.717, 1.165) is 3.57 Å². The molecule has 1 heterocycles. The number of aromatic nitrogens is 2. The summed E-state index contributed by atoms with van der Waals surface area (Å²) in [7, 11) is 0. The maximum absolute atomic E-state index is 11.3. The summed E-state index contributed by atoms with van der Waals surface area (Å²) in [5.41, 5.74) is -0.543. The van der Waals surface area contributed by atoms with E-state index in [4.69, 9.17) is 0 Å². The number of nitrogens with one attached hydrogen (secondary N) is 1. The molecular weight excluding hydrogens is 283 g/mol. The van der Waals surface area contributed by atoms with Gasteiger partial charge in [-0.25, -0.2) is 0 Å². The fourth-order valence-electron chi connectivity index (χ4n) is 0.979. The Bertz CT molecular complexity index is 405. The maximum atomic E-state index is 11.3. The molecule has 1 aromatic heterocycles. The van der Waals surface area contributed by atoms with Crippen LogP contribution in [0.2, 0.25) is 0 Å². The number of rotatable bonds is 2. The molecule has 0 amide bonds. The molecule has 0 radical (unpaired) electrons. The van der Waals surface area contributed by atoms with Gasteiger partial charge in [-0.1, -0.05) is 0 Å². The van der Waals surface area contributed by atoms with Gasteiger partial charge in [-0.3, -0.25) is 0 Å². The van der Waals surface area contributed by atoms with Crippen LogP contribution in [0.5, 0.6) is 0 Å². The second-order valence-electron chi connectivity index (χ2n) is 2.93. The number of aromatic amines is 1. The molecule has 1 aromatic rings. The van der Waals surface area contributed by atoms with Crippen LogP contribution < -0.4 is 32.5 Å². The number of hydrogen-bond donors (Lipinski definition) is 1. The Balaban J connectivity index is 3.40. The summed E-state index contributed by atoms with van der Waals surface area (Å²) in [6.45, 7) is 3.83. The van der Waals surface area contributed by atoms with E-state index >= 15 is 0 Å². The van der Waals surface area contributed by atoms with Gasteiger partial charge in [-0.15, -0.1) is 0 Å². The van der Waals surface area contributed by atoms with Gasteiger partial charge < -0.3 is 0 Å². The zero-order chi connectivity index (χ0) is 10.0. The SMILES string of the molecule is C[I-]c1cn(C(C)C)c(=O)[nH]c1=O. The molecule has 13 heavy (non-hydrogen) atoms. The Kier molecular flexibility index (Phi) is 3.29. The molecule has 0 fully saturated rings. The first-order valence-corrected chi connectivity index (χ1v) is 7.14. The van der Waals surface area contributed by atoms with E-state index in [9.17, 15) is 9.59 Å². The van der Waals surface area contributed by atoms with Crippen molar-refractivity contribution in [1.29, 1.82) is 0 Å². The minimum absolute atomic E-state index is 0.0960. The summed E-state index contributed by atoms with van der Waals surface area (Å²) in [5, 5.41) is 0. The van der Waals surface area contributed by atoms with Crippen molar-refractivity contribution < 1.29 is 21.2 Å². The van der Waals surface area contributed by atoms with Crippen LogP contribution in [0.3, 0.4) is 0 Å². The van der Waals surface area contributed by atoms with Crippen LogP contribution >= 0.6 is 0 Å².